The smallest absolute Gasteiger partial charge is 0.0576 e. The predicted octanol–water partition coefficient (Wildman–Crippen LogP) is 3.53. The van der Waals surface area contributed by atoms with Crippen LogP contribution in [-0.4, -0.2) is 0 Å². The van der Waals surface area contributed by atoms with Gasteiger partial charge in [-0.05, 0) is 23.8 Å². The Labute approximate surface area is 100 Å². The minimum atomic E-state index is 0.674. The summed E-state index contributed by atoms with van der Waals surface area (Å²) < 4.78 is 0. The first kappa shape index (κ1) is 10.8. The van der Waals surface area contributed by atoms with Crippen molar-refractivity contribution in [3.63, 3.8) is 0 Å². The van der Waals surface area contributed by atoms with Crippen LogP contribution in [0, 0.1) is 0 Å². The minimum Gasteiger partial charge on any atom is -0.397 e. The normalized spacial score (nSPS) is 10.1. The van der Waals surface area contributed by atoms with E-state index in [9.17, 15) is 0 Å². The van der Waals surface area contributed by atoms with Crippen LogP contribution in [0.4, 0.5) is 11.4 Å². The molecule has 0 radical (unpaired) electrons. The highest BCUT2D eigenvalue weighted by Gasteiger charge is 2.00. The number of benzene rings is 2. The first-order chi connectivity index (χ1) is 7.77. The van der Waals surface area contributed by atoms with Gasteiger partial charge in [-0.25, -0.2) is 0 Å². The summed E-state index contributed by atoms with van der Waals surface area (Å²) in [5, 5.41) is 4.03. The molecule has 0 amide bonds. The van der Waals surface area contributed by atoms with Crippen LogP contribution < -0.4 is 11.1 Å². The fraction of sp³-hybridized carbons (Fsp3) is 0.0769. The molecule has 0 heterocycles. The average Bonchev–Trinajstić information content (AvgIpc) is 2.30. The van der Waals surface area contributed by atoms with Crippen molar-refractivity contribution in [3.05, 3.63) is 59.1 Å². The number of rotatable bonds is 3. The van der Waals surface area contributed by atoms with E-state index in [4.69, 9.17) is 17.3 Å². The number of anilines is 2. The highest BCUT2D eigenvalue weighted by atomic mass is 35.5. The Morgan fingerprint density at radius 1 is 1.00 bits per heavy atom. The summed E-state index contributed by atoms with van der Waals surface area (Å²) in [5.41, 5.74) is 8.57. The van der Waals surface area contributed by atoms with Gasteiger partial charge in [-0.2, -0.15) is 0 Å². The van der Waals surface area contributed by atoms with E-state index in [1.807, 2.05) is 48.5 Å². The van der Waals surface area contributed by atoms with Gasteiger partial charge >= 0.3 is 0 Å². The standard InChI is InChI=1S/C13H13ClN2/c14-11-6-2-1-5-10(11)9-16-13-8-4-3-7-12(13)15/h1-8,16H,9,15H2. The Kier molecular flexibility index (Phi) is 3.32. The van der Waals surface area contributed by atoms with Crippen molar-refractivity contribution in [2.45, 2.75) is 6.54 Å². The molecule has 0 aliphatic carbocycles. The molecule has 0 aliphatic heterocycles. The molecule has 0 saturated carbocycles. The van der Waals surface area contributed by atoms with Crippen molar-refractivity contribution in [1.29, 1.82) is 0 Å². The molecule has 0 saturated heterocycles. The molecule has 3 N–H and O–H groups in total. The zero-order chi connectivity index (χ0) is 11.4. The minimum absolute atomic E-state index is 0.674. The molecular formula is C13H13ClN2. The largest absolute Gasteiger partial charge is 0.397 e. The molecule has 0 spiro atoms. The van der Waals surface area contributed by atoms with Gasteiger partial charge in [-0.3, -0.25) is 0 Å². The van der Waals surface area contributed by atoms with Gasteiger partial charge in [0.2, 0.25) is 0 Å². The van der Waals surface area contributed by atoms with E-state index in [0.717, 1.165) is 22.0 Å². The highest BCUT2D eigenvalue weighted by molar-refractivity contribution is 6.31. The molecule has 2 aromatic rings. The zero-order valence-corrected chi connectivity index (χ0v) is 9.54. The second-order valence-corrected chi connectivity index (χ2v) is 3.94. The SMILES string of the molecule is Nc1ccccc1NCc1ccccc1Cl. The Morgan fingerprint density at radius 3 is 2.44 bits per heavy atom. The van der Waals surface area contributed by atoms with Crippen LogP contribution >= 0.6 is 11.6 Å². The molecule has 0 unspecified atom stereocenters. The molecular weight excluding hydrogens is 220 g/mol. The Hall–Kier alpha value is -1.67. The third-order valence-corrected chi connectivity index (χ3v) is 2.76. The maximum atomic E-state index is 6.06. The lowest BCUT2D eigenvalue weighted by atomic mass is 10.2. The molecule has 3 heteroatoms. The number of nitrogens with two attached hydrogens (primary N) is 1. The van der Waals surface area contributed by atoms with Crippen molar-refractivity contribution in [2.24, 2.45) is 0 Å². The van der Waals surface area contributed by atoms with E-state index in [2.05, 4.69) is 5.32 Å². The monoisotopic (exact) mass is 232 g/mol. The Morgan fingerprint density at radius 2 is 1.69 bits per heavy atom. The van der Waals surface area contributed by atoms with Gasteiger partial charge < -0.3 is 11.1 Å². The number of nitrogen functional groups attached to an aromatic ring is 1. The first-order valence-electron chi connectivity index (χ1n) is 5.09. The summed E-state index contributed by atoms with van der Waals surface area (Å²) in [4.78, 5) is 0. The third kappa shape index (κ3) is 2.47. The van der Waals surface area contributed by atoms with Crippen LogP contribution in [0.5, 0.6) is 0 Å². The van der Waals surface area contributed by atoms with E-state index in [1.54, 1.807) is 0 Å². The van der Waals surface area contributed by atoms with Crippen LogP contribution in [-0.2, 0) is 6.54 Å². The zero-order valence-electron chi connectivity index (χ0n) is 8.78. The predicted molar refractivity (Wildman–Crippen MR) is 69.6 cm³/mol. The summed E-state index contributed by atoms with van der Waals surface area (Å²) in [7, 11) is 0. The molecule has 0 atom stereocenters. The van der Waals surface area contributed by atoms with Crippen molar-refractivity contribution in [2.75, 3.05) is 11.1 Å². The molecule has 2 aromatic carbocycles. The summed E-state index contributed by atoms with van der Waals surface area (Å²) in [6.45, 7) is 0.674. The summed E-state index contributed by atoms with van der Waals surface area (Å²) in [5.74, 6) is 0. The number of hydrogen-bond donors (Lipinski definition) is 2. The molecule has 0 bridgehead atoms. The Bertz CT molecular complexity index is 437. The van der Waals surface area contributed by atoms with Crippen LogP contribution in [0.15, 0.2) is 48.5 Å². The number of nitrogens with one attached hydrogen (secondary N) is 1. The van der Waals surface area contributed by atoms with Gasteiger partial charge in [0.15, 0.2) is 0 Å². The molecule has 2 rings (SSSR count). The van der Waals surface area contributed by atoms with Gasteiger partial charge in [-0.1, -0.05) is 41.9 Å². The van der Waals surface area contributed by atoms with E-state index < -0.39 is 0 Å². The lowest BCUT2D eigenvalue weighted by Crippen LogP contribution is -2.02. The second-order valence-electron chi connectivity index (χ2n) is 3.53. The lowest BCUT2D eigenvalue weighted by molar-refractivity contribution is 1.15. The number of halogens is 1. The van der Waals surface area contributed by atoms with E-state index in [1.165, 1.54) is 0 Å². The average molecular weight is 233 g/mol. The van der Waals surface area contributed by atoms with Gasteiger partial charge in [0.25, 0.3) is 0 Å². The highest BCUT2D eigenvalue weighted by Crippen LogP contribution is 2.20. The third-order valence-electron chi connectivity index (χ3n) is 2.39. The fourth-order valence-corrected chi connectivity index (χ4v) is 1.69. The summed E-state index contributed by atoms with van der Waals surface area (Å²) in [6, 6.07) is 15.4. The van der Waals surface area contributed by atoms with Crippen LogP contribution in [0.25, 0.3) is 0 Å². The summed E-state index contributed by atoms with van der Waals surface area (Å²) in [6.07, 6.45) is 0. The van der Waals surface area contributed by atoms with Crippen LogP contribution in [0.2, 0.25) is 5.02 Å². The lowest BCUT2D eigenvalue weighted by Gasteiger charge is -2.09. The van der Waals surface area contributed by atoms with Crippen molar-refractivity contribution in [1.82, 2.24) is 0 Å². The maximum absolute atomic E-state index is 6.06. The number of hydrogen-bond acceptors (Lipinski definition) is 2. The molecule has 16 heavy (non-hydrogen) atoms. The molecule has 0 aromatic heterocycles. The Balaban J connectivity index is 2.09. The number of para-hydroxylation sites is 2. The van der Waals surface area contributed by atoms with Gasteiger partial charge in [-0.15, -0.1) is 0 Å². The fourth-order valence-electron chi connectivity index (χ4n) is 1.49. The molecule has 2 nitrogen and oxygen atoms in total. The van der Waals surface area contributed by atoms with Crippen molar-refractivity contribution in [3.8, 4) is 0 Å². The summed E-state index contributed by atoms with van der Waals surface area (Å²) >= 11 is 6.06. The van der Waals surface area contributed by atoms with E-state index in [0.29, 0.717) is 6.54 Å². The maximum Gasteiger partial charge on any atom is 0.0576 e. The molecule has 82 valence electrons. The van der Waals surface area contributed by atoms with Crippen molar-refractivity contribution < 1.29 is 0 Å². The topological polar surface area (TPSA) is 38.0 Å². The van der Waals surface area contributed by atoms with E-state index in [-0.39, 0.29) is 0 Å². The van der Waals surface area contributed by atoms with Gasteiger partial charge in [0.05, 0.1) is 11.4 Å². The first-order valence-corrected chi connectivity index (χ1v) is 5.47. The van der Waals surface area contributed by atoms with Crippen molar-refractivity contribution >= 4 is 23.0 Å². The van der Waals surface area contributed by atoms with Crippen LogP contribution in [0.3, 0.4) is 0 Å². The molecule has 0 aliphatic rings. The van der Waals surface area contributed by atoms with Gasteiger partial charge in [0, 0.05) is 11.6 Å². The second kappa shape index (κ2) is 4.90. The van der Waals surface area contributed by atoms with Crippen LogP contribution in [0.1, 0.15) is 5.56 Å². The van der Waals surface area contributed by atoms with E-state index >= 15 is 0 Å². The van der Waals surface area contributed by atoms with Gasteiger partial charge in [0.1, 0.15) is 0 Å². The quantitative estimate of drug-likeness (QED) is 0.795. The molecule has 0 fully saturated rings.